The number of carbonyl (C=O) groups excluding carboxylic acids is 2. The predicted molar refractivity (Wildman–Crippen MR) is 107 cm³/mol. The molecule has 0 aliphatic heterocycles. The molecule has 1 heterocycles. The van der Waals surface area contributed by atoms with Gasteiger partial charge in [0, 0.05) is 18.6 Å². The zero-order valence-electron chi connectivity index (χ0n) is 15.4. The van der Waals surface area contributed by atoms with Gasteiger partial charge in [-0.25, -0.2) is 4.98 Å². The summed E-state index contributed by atoms with van der Waals surface area (Å²) in [6.45, 7) is -0.509. The maximum Gasteiger partial charge on any atom is 0.306 e. The molecule has 1 aromatic heterocycles. The van der Waals surface area contributed by atoms with Crippen LogP contribution in [-0.2, 0) is 20.7 Å². The number of para-hydroxylation sites is 1. The van der Waals surface area contributed by atoms with Crippen LogP contribution < -0.4 is 10.1 Å². The third-order valence-corrected chi connectivity index (χ3v) is 5.01. The number of rotatable bonds is 8. The van der Waals surface area contributed by atoms with Gasteiger partial charge in [-0.2, -0.15) is 0 Å². The van der Waals surface area contributed by atoms with Gasteiger partial charge >= 0.3 is 5.97 Å². The lowest BCUT2D eigenvalue weighted by molar-refractivity contribution is -0.384. The van der Waals surface area contributed by atoms with E-state index in [2.05, 4.69) is 10.3 Å². The Morgan fingerprint density at radius 3 is 2.76 bits per heavy atom. The Kier molecular flexibility index (Phi) is 6.35. The van der Waals surface area contributed by atoms with Crippen molar-refractivity contribution in [2.75, 3.05) is 19.0 Å². The molecule has 0 bridgehead atoms. The standard InChI is InChI=1S/C19H17N3O6S/c1-27-15-7-6-12(22(25)26)10-14(15)20-17(23)11-28-19(24)9-8-18-21-13-4-2-3-5-16(13)29-18/h2-7,10H,8-9,11H2,1H3,(H,20,23). The first kappa shape index (κ1) is 20.2. The minimum absolute atomic E-state index is 0.0905. The largest absolute Gasteiger partial charge is 0.495 e. The van der Waals surface area contributed by atoms with Gasteiger partial charge in [-0.3, -0.25) is 19.7 Å². The van der Waals surface area contributed by atoms with Crippen LogP contribution in [0.25, 0.3) is 10.2 Å². The SMILES string of the molecule is COc1ccc([N+](=O)[O-])cc1NC(=O)COC(=O)CCc1nc2ccccc2s1. The average molecular weight is 415 g/mol. The van der Waals surface area contributed by atoms with E-state index in [9.17, 15) is 19.7 Å². The lowest BCUT2D eigenvalue weighted by Gasteiger charge is -2.10. The number of methoxy groups -OCH3 is 1. The van der Waals surface area contributed by atoms with Crippen LogP contribution in [0.4, 0.5) is 11.4 Å². The molecule has 0 aliphatic rings. The molecule has 10 heteroatoms. The fraction of sp³-hybridized carbons (Fsp3) is 0.211. The topological polar surface area (TPSA) is 121 Å². The number of ether oxygens (including phenoxy) is 2. The monoisotopic (exact) mass is 415 g/mol. The number of nitrogens with one attached hydrogen (secondary N) is 1. The molecule has 0 radical (unpaired) electrons. The molecule has 0 atom stereocenters. The van der Waals surface area contributed by atoms with E-state index < -0.39 is 23.4 Å². The summed E-state index contributed by atoms with van der Waals surface area (Å²) in [6, 6.07) is 11.5. The van der Waals surface area contributed by atoms with Crippen LogP contribution in [0.15, 0.2) is 42.5 Å². The normalized spacial score (nSPS) is 10.5. The summed E-state index contributed by atoms with van der Waals surface area (Å²) >= 11 is 1.51. The van der Waals surface area contributed by atoms with Crippen molar-refractivity contribution < 1.29 is 24.0 Å². The predicted octanol–water partition coefficient (Wildman–Crippen LogP) is 3.33. The molecule has 2 aromatic carbocycles. The maximum absolute atomic E-state index is 12.0. The Bertz CT molecular complexity index is 1030. The number of hydrogen-bond donors (Lipinski definition) is 1. The van der Waals surface area contributed by atoms with Gasteiger partial charge in [-0.15, -0.1) is 11.3 Å². The highest BCUT2D eigenvalue weighted by atomic mass is 32.1. The lowest BCUT2D eigenvalue weighted by atomic mass is 10.2. The number of aryl methyl sites for hydroxylation is 1. The van der Waals surface area contributed by atoms with E-state index in [1.165, 1.54) is 36.6 Å². The van der Waals surface area contributed by atoms with Gasteiger partial charge in [0.05, 0.1) is 39.4 Å². The fourth-order valence-electron chi connectivity index (χ4n) is 2.55. The number of aromatic nitrogens is 1. The van der Waals surface area contributed by atoms with Crippen molar-refractivity contribution in [2.45, 2.75) is 12.8 Å². The Morgan fingerprint density at radius 2 is 2.03 bits per heavy atom. The van der Waals surface area contributed by atoms with Crippen molar-refractivity contribution in [1.29, 1.82) is 0 Å². The molecule has 0 fully saturated rings. The van der Waals surface area contributed by atoms with E-state index in [4.69, 9.17) is 9.47 Å². The molecule has 9 nitrogen and oxygen atoms in total. The number of esters is 1. The molecule has 0 saturated carbocycles. The molecule has 0 spiro atoms. The smallest absolute Gasteiger partial charge is 0.306 e. The van der Waals surface area contributed by atoms with Crippen molar-refractivity contribution in [2.24, 2.45) is 0 Å². The first-order valence-corrected chi connectivity index (χ1v) is 9.40. The van der Waals surface area contributed by atoms with Crippen molar-refractivity contribution >= 4 is 44.8 Å². The van der Waals surface area contributed by atoms with Crippen molar-refractivity contribution in [1.82, 2.24) is 4.98 Å². The van der Waals surface area contributed by atoms with E-state index in [0.29, 0.717) is 6.42 Å². The van der Waals surface area contributed by atoms with Crippen molar-refractivity contribution in [3.05, 3.63) is 57.6 Å². The summed E-state index contributed by atoms with van der Waals surface area (Å²) in [4.78, 5) is 38.7. The number of non-ortho nitro benzene ring substituents is 1. The number of hydrogen-bond acceptors (Lipinski definition) is 8. The molecular weight excluding hydrogens is 398 g/mol. The quantitative estimate of drug-likeness (QED) is 0.340. The molecular formula is C19H17N3O6S. The summed E-state index contributed by atoms with van der Waals surface area (Å²) in [6.07, 6.45) is 0.506. The second kappa shape index (κ2) is 9.11. The summed E-state index contributed by atoms with van der Waals surface area (Å²) in [5, 5.41) is 14.1. The number of nitrogens with zero attached hydrogens (tertiary/aromatic N) is 2. The highest BCUT2D eigenvalue weighted by Gasteiger charge is 2.15. The Morgan fingerprint density at radius 1 is 1.24 bits per heavy atom. The maximum atomic E-state index is 12.0. The Hall–Kier alpha value is -3.53. The van der Waals surface area contributed by atoms with Gasteiger partial charge in [-0.1, -0.05) is 12.1 Å². The first-order chi connectivity index (χ1) is 14.0. The highest BCUT2D eigenvalue weighted by Crippen LogP contribution is 2.28. The number of amides is 1. The van der Waals surface area contributed by atoms with Gasteiger partial charge in [0.1, 0.15) is 5.75 Å². The van der Waals surface area contributed by atoms with Crippen molar-refractivity contribution in [3.63, 3.8) is 0 Å². The van der Waals surface area contributed by atoms with E-state index in [1.807, 2.05) is 24.3 Å². The second-order valence-corrected chi connectivity index (χ2v) is 7.04. The molecule has 3 rings (SSSR count). The van der Waals surface area contributed by atoms with E-state index in [1.54, 1.807) is 0 Å². The molecule has 3 aromatic rings. The fourth-order valence-corrected chi connectivity index (χ4v) is 3.51. The molecule has 0 unspecified atom stereocenters. The number of fused-ring (bicyclic) bond motifs is 1. The number of benzene rings is 2. The number of nitro benzene ring substituents is 1. The molecule has 29 heavy (non-hydrogen) atoms. The van der Waals surface area contributed by atoms with Gasteiger partial charge in [0.2, 0.25) is 0 Å². The molecule has 0 aliphatic carbocycles. The van der Waals surface area contributed by atoms with Crippen LogP contribution in [0, 0.1) is 10.1 Å². The summed E-state index contributed by atoms with van der Waals surface area (Å²) in [5.74, 6) is -0.909. The second-order valence-electron chi connectivity index (χ2n) is 5.93. The van der Waals surface area contributed by atoms with Crippen LogP contribution in [-0.4, -0.2) is 35.5 Å². The van der Waals surface area contributed by atoms with Gasteiger partial charge in [0.25, 0.3) is 11.6 Å². The average Bonchev–Trinajstić information content (AvgIpc) is 3.13. The van der Waals surface area contributed by atoms with Gasteiger partial charge < -0.3 is 14.8 Å². The third-order valence-electron chi connectivity index (χ3n) is 3.91. The summed E-state index contributed by atoms with van der Waals surface area (Å²) < 4.78 is 11.1. The highest BCUT2D eigenvalue weighted by molar-refractivity contribution is 7.18. The van der Waals surface area contributed by atoms with E-state index in [-0.39, 0.29) is 23.5 Å². The van der Waals surface area contributed by atoms with Crippen LogP contribution in [0.2, 0.25) is 0 Å². The zero-order chi connectivity index (χ0) is 20.8. The minimum atomic E-state index is -0.628. The lowest BCUT2D eigenvalue weighted by Crippen LogP contribution is -2.21. The molecule has 0 saturated heterocycles. The van der Waals surface area contributed by atoms with E-state index >= 15 is 0 Å². The summed E-state index contributed by atoms with van der Waals surface area (Å²) in [5.41, 5.74) is 0.803. The Balaban J connectivity index is 1.50. The number of nitro groups is 1. The van der Waals surface area contributed by atoms with E-state index in [0.717, 1.165) is 15.2 Å². The van der Waals surface area contributed by atoms with Crippen LogP contribution in [0.5, 0.6) is 5.75 Å². The molecule has 150 valence electrons. The third kappa shape index (κ3) is 5.26. The minimum Gasteiger partial charge on any atom is -0.495 e. The van der Waals surface area contributed by atoms with Crippen LogP contribution >= 0.6 is 11.3 Å². The van der Waals surface area contributed by atoms with Crippen LogP contribution in [0.1, 0.15) is 11.4 Å². The number of carbonyl (C=O) groups is 2. The van der Waals surface area contributed by atoms with Crippen molar-refractivity contribution in [3.8, 4) is 5.75 Å². The number of anilines is 1. The molecule has 1 N–H and O–H groups in total. The first-order valence-electron chi connectivity index (χ1n) is 8.58. The van der Waals surface area contributed by atoms with Gasteiger partial charge in [0.15, 0.2) is 6.61 Å². The Labute approximate surface area is 169 Å². The van der Waals surface area contributed by atoms with Crippen LogP contribution in [0.3, 0.4) is 0 Å². The molecule has 1 amide bonds. The summed E-state index contributed by atoms with van der Waals surface area (Å²) in [7, 11) is 1.37. The zero-order valence-corrected chi connectivity index (χ0v) is 16.2. The van der Waals surface area contributed by atoms with Gasteiger partial charge in [-0.05, 0) is 18.2 Å². The number of thiazole rings is 1.